The average Bonchev–Trinajstić information content (AvgIpc) is 2.14. The number of alkyl halides is 1. The van der Waals surface area contributed by atoms with Crippen LogP contribution in [0.15, 0.2) is 0 Å². The smallest absolute Gasteiger partial charge is 0.150 e. The van der Waals surface area contributed by atoms with Gasteiger partial charge in [-0.2, -0.15) is 0 Å². The van der Waals surface area contributed by atoms with E-state index in [1.807, 2.05) is 0 Å². The lowest BCUT2D eigenvalue weighted by molar-refractivity contribution is 0.351. The summed E-state index contributed by atoms with van der Waals surface area (Å²) < 4.78 is 22.9. The van der Waals surface area contributed by atoms with Gasteiger partial charge < -0.3 is 0 Å². The minimum Gasteiger partial charge on any atom is -0.229 e. The second-order valence-corrected chi connectivity index (χ2v) is 6.43. The fraction of sp³-hybridized carbons (Fsp3) is 1.00. The molecular weight excluding hydrogens is 252 g/mol. The Morgan fingerprint density at radius 2 is 1.62 bits per heavy atom. The molecule has 0 aliphatic heterocycles. The summed E-state index contributed by atoms with van der Waals surface area (Å²) in [7, 11) is -2.84. The van der Waals surface area contributed by atoms with Crippen molar-refractivity contribution in [2.24, 2.45) is 5.41 Å². The zero-order valence-electron chi connectivity index (χ0n) is 8.64. The molecule has 2 nitrogen and oxygen atoms in total. The maximum atomic E-state index is 11.5. The highest BCUT2D eigenvalue weighted by atomic mass is 79.9. The van der Waals surface area contributed by atoms with Crippen molar-refractivity contribution in [3.8, 4) is 0 Å². The molecule has 0 aliphatic rings. The van der Waals surface area contributed by atoms with E-state index in [-0.39, 0.29) is 11.2 Å². The van der Waals surface area contributed by atoms with E-state index in [1.54, 1.807) is 6.92 Å². The van der Waals surface area contributed by atoms with Crippen LogP contribution in [0, 0.1) is 5.41 Å². The Morgan fingerprint density at radius 1 is 1.15 bits per heavy atom. The van der Waals surface area contributed by atoms with Crippen LogP contribution in [0.25, 0.3) is 0 Å². The van der Waals surface area contributed by atoms with E-state index in [9.17, 15) is 8.42 Å². The van der Waals surface area contributed by atoms with Crippen LogP contribution in [0.1, 0.15) is 33.6 Å². The fourth-order valence-corrected chi connectivity index (χ4v) is 4.15. The number of hydrogen-bond donors (Lipinski definition) is 0. The van der Waals surface area contributed by atoms with Crippen molar-refractivity contribution < 1.29 is 8.42 Å². The first-order chi connectivity index (χ1) is 5.95. The Balaban J connectivity index is 4.61. The molecule has 0 heterocycles. The van der Waals surface area contributed by atoms with E-state index < -0.39 is 9.84 Å². The van der Waals surface area contributed by atoms with Crippen LogP contribution in [-0.4, -0.2) is 25.3 Å². The highest BCUT2D eigenvalue weighted by Gasteiger charge is 2.30. The van der Waals surface area contributed by atoms with E-state index in [1.165, 1.54) is 0 Å². The van der Waals surface area contributed by atoms with Crippen molar-refractivity contribution in [3.63, 3.8) is 0 Å². The summed E-state index contributed by atoms with van der Waals surface area (Å²) in [5, 5.41) is 0.770. The van der Waals surface area contributed by atoms with Gasteiger partial charge in [-0.25, -0.2) is 8.42 Å². The van der Waals surface area contributed by atoms with E-state index in [0.717, 1.165) is 18.2 Å². The molecule has 4 heteroatoms. The van der Waals surface area contributed by atoms with Crippen LogP contribution in [0.2, 0.25) is 0 Å². The highest BCUT2D eigenvalue weighted by molar-refractivity contribution is 9.09. The Labute approximate surface area is 90.2 Å². The van der Waals surface area contributed by atoms with Gasteiger partial charge in [0.2, 0.25) is 0 Å². The predicted octanol–water partition coefficient (Wildman–Crippen LogP) is 2.62. The summed E-state index contributed by atoms with van der Waals surface area (Å²) in [6.07, 6.45) is 1.82. The second kappa shape index (κ2) is 5.35. The summed E-state index contributed by atoms with van der Waals surface area (Å²) in [6.45, 7) is 5.81. The molecular formula is C9H19BrO2S. The molecule has 0 bridgehead atoms. The third kappa shape index (κ3) is 3.98. The zero-order valence-corrected chi connectivity index (χ0v) is 11.0. The standard InChI is InChI=1S/C9H19BrO2S/c1-4-9(5-2,7-10)8-13(11,12)6-3/h4-8H2,1-3H3. The van der Waals surface area contributed by atoms with Crippen LogP contribution < -0.4 is 0 Å². The molecule has 0 saturated heterocycles. The summed E-state index contributed by atoms with van der Waals surface area (Å²) in [4.78, 5) is 0. The van der Waals surface area contributed by atoms with Crippen LogP contribution in [-0.2, 0) is 9.84 Å². The third-order valence-electron chi connectivity index (χ3n) is 2.75. The molecule has 0 aromatic heterocycles. The quantitative estimate of drug-likeness (QED) is 0.696. The summed E-state index contributed by atoms with van der Waals surface area (Å²) in [5.41, 5.74) is -0.0607. The summed E-state index contributed by atoms with van der Waals surface area (Å²) >= 11 is 3.41. The molecule has 0 rings (SSSR count). The molecule has 0 unspecified atom stereocenters. The monoisotopic (exact) mass is 270 g/mol. The summed E-state index contributed by atoms with van der Waals surface area (Å²) in [6, 6.07) is 0. The van der Waals surface area contributed by atoms with Crippen molar-refractivity contribution >= 4 is 25.8 Å². The predicted molar refractivity (Wildman–Crippen MR) is 61.1 cm³/mol. The molecule has 80 valence electrons. The minimum absolute atomic E-state index is 0.0607. The first-order valence-electron chi connectivity index (χ1n) is 4.71. The number of sulfone groups is 1. The molecule has 0 fully saturated rings. The van der Waals surface area contributed by atoms with Crippen LogP contribution >= 0.6 is 15.9 Å². The van der Waals surface area contributed by atoms with Gasteiger partial charge in [-0.05, 0) is 18.3 Å². The van der Waals surface area contributed by atoms with Crippen molar-refractivity contribution in [1.29, 1.82) is 0 Å². The van der Waals surface area contributed by atoms with Gasteiger partial charge in [0, 0.05) is 11.1 Å². The number of hydrogen-bond acceptors (Lipinski definition) is 2. The van der Waals surface area contributed by atoms with Gasteiger partial charge in [0.1, 0.15) is 0 Å². The molecule has 0 N–H and O–H groups in total. The van der Waals surface area contributed by atoms with Gasteiger partial charge >= 0.3 is 0 Å². The molecule has 0 aliphatic carbocycles. The zero-order chi connectivity index (χ0) is 10.5. The molecule has 0 saturated carbocycles. The Bertz CT molecular complexity index is 222. The van der Waals surface area contributed by atoms with Gasteiger partial charge in [-0.1, -0.05) is 36.7 Å². The fourth-order valence-electron chi connectivity index (χ4n) is 1.25. The van der Waals surface area contributed by atoms with Gasteiger partial charge in [-0.3, -0.25) is 0 Å². The highest BCUT2D eigenvalue weighted by Crippen LogP contribution is 2.30. The van der Waals surface area contributed by atoms with Crippen molar-refractivity contribution in [3.05, 3.63) is 0 Å². The van der Waals surface area contributed by atoms with Crippen molar-refractivity contribution in [2.75, 3.05) is 16.8 Å². The molecule has 0 amide bonds. The first kappa shape index (κ1) is 13.4. The Morgan fingerprint density at radius 3 is 1.85 bits per heavy atom. The van der Waals surface area contributed by atoms with Gasteiger partial charge in [0.25, 0.3) is 0 Å². The van der Waals surface area contributed by atoms with Crippen LogP contribution in [0.4, 0.5) is 0 Å². The molecule has 13 heavy (non-hydrogen) atoms. The average molecular weight is 271 g/mol. The molecule has 0 radical (unpaired) electrons. The van der Waals surface area contributed by atoms with Crippen molar-refractivity contribution in [1.82, 2.24) is 0 Å². The lowest BCUT2D eigenvalue weighted by atomic mass is 9.87. The second-order valence-electron chi connectivity index (χ2n) is 3.52. The van der Waals surface area contributed by atoms with Gasteiger partial charge in [0.05, 0.1) is 5.75 Å². The minimum atomic E-state index is -2.84. The van der Waals surface area contributed by atoms with E-state index in [0.29, 0.717) is 5.75 Å². The first-order valence-corrected chi connectivity index (χ1v) is 7.66. The Kier molecular flexibility index (Phi) is 5.52. The number of rotatable bonds is 6. The Hall–Kier alpha value is 0.430. The molecule has 0 atom stereocenters. The summed E-state index contributed by atoms with van der Waals surface area (Å²) in [5.74, 6) is 0.566. The molecule has 0 aromatic rings. The topological polar surface area (TPSA) is 34.1 Å². The van der Waals surface area contributed by atoms with Gasteiger partial charge in [0.15, 0.2) is 9.84 Å². The largest absolute Gasteiger partial charge is 0.229 e. The molecule has 0 spiro atoms. The number of halogens is 1. The van der Waals surface area contributed by atoms with Gasteiger partial charge in [-0.15, -0.1) is 0 Å². The maximum Gasteiger partial charge on any atom is 0.150 e. The van der Waals surface area contributed by atoms with Crippen molar-refractivity contribution in [2.45, 2.75) is 33.6 Å². The SMILES string of the molecule is CCC(CC)(CBr)CS(=O)(=O)CC. The maximum absolute atomic E-state index is 11.5. The third-order valence-corrected chi connectivity index (χ3v) is 5.87. The lowest BCUT2D eigenvalue weighted by Gasteiger charge is -2.28. The van der Waals surface area contributed by atoms with Crippen LogP contribution in [0.3, 0.4) is 0 Å². The van der Waals surface area contributed by atoms with E-state index in [4.69, 9.17) is 0 Å². The lowest BCUT2D eigenvalue weighted by Crippen LogP contribution is -2.31. The van der Waals surface area contributed by atoms with E-state index in [2.05, 4.69) is 29.8 Å². The van der Waals surface area contributed by atoms with Crippen LogP contribution in [0.5, 0.6) is 0 Å². The normalized spacial score (nSPS) is 13.2. The molecule has 0 aromatic carbocycles. The van der Waals surface area contributed by atoms with E-state index >= 15 is 0 Å².